The number of rotatable bonds is 3. The molecule has 0 spiro atoms. The van der Waals surface area contributed by atoms with Crippen LogP contribution in [0.4, 0.5) is 0 Å². The van der Waals surface area contributed by atoms with Gasteiger partial charge >= 0.3 is 0 Å². The lowest BCUT2D eigenvalue weighted by Gasteiger charge is -2.29. The zero-order chi connectivity index (χ0) is 13.2. The lowest BCUT2D eigenvalue weighted by atomic mass is 9.85. The third-order valence-corrected chi connectivity index (χ3v) is 4.85. The van der Waals surface area contributed by atoms with Crippen molar-refractivity contribution in [1.82, 2.24) is 0 Å². The Morgan fingerprint density at radius 2 is 2.16 bits per heavy atom. The predicted molar refractivity (Wildman–Crippen MR) is 78.4 cm³/mol. The van der Waals surface area contributed by atoms with Gasteiger partial charge in [0.2, 0.25) is 0 Å². The fourth-order valence-electron chi connectivity index (χ4n) is 3.61. The minimum absolute atomic E-state index is 0.239. The highest BCUT2D eigenvalue weighted by molar-refractivity contribution is 5.40. The van der Waals surface area contributed by atoms with Crippen molar-refractivity contribution < 1.29 is 4.74 Å². The van der Waals surface area contributed by atoms with Gasteiger partial charge in [0.05, 0.1) is 6.10 Å². The summed E-state index contributed by atoms with van der Waals surface area (Å²) in [4.78, 5) is 0. The quantitative estimate of drug-likeness (QED) is 0.891. The van der Waals surface area contributed by atoms with Crippen molar-refractivity contribution in [2.45, 2.75) is 64.0 Å². The minimum atomic E-state index is 0.239. The molecule has 0 saturated heterocycles. The molecule has 0 bridgehead atoms. The van der Waals surface area contributed by atoms with Crippen molar-refractivity contribution in [3.05, 3.63) is 29.3 Å². The van der Waals surface area contributed by atoms with E-state index in [0.717, 1.165) is 24.5 Å². The molecule has 1 aromatic carbocycles. The Balaban J connectivity index is 1.67. The van der Waals surface area contributed by atoms with Gasteiger partial charge in [-0.05, 0) is 61.3 Å². The van der Waals surface area contributed by atoms with Crippen LogP contribution in [0.5, 0.6) is 5.75 Å². The highest BCUT2D eigenvalue weighted by Crippen LogP contribution is 2.34. The number of aryl methyl sites for hydroxylation is 1. The number of nitrogens with two attached hydrogens (primary N) is 1. The lowest BCUT2D eigenvalue weighted by Crippen LogP contribution is -2.25. The first-order valence-corrected chi connectivity index (χ1v) is 7.81. The summed E-state index contributed by atoms with van der Waals surface area (Å²) in [5.41, 5.74) is 8.79. The zero-order valence-corrected chi connectivity index (χ0v) is 11.9. The standard InChI is InChI=1S/C17H25NO/c1-2-12-4-3-5-14(10-12)19-15-7-8-16-13(11-15)6-9-17(16)18/h7-8,11-12,14,17H,2-6,9-10,18H2,1H3/t12?,14?,17-/m0/s1. The van der Waals surface area contributed by atoms with E-state index in [1.165, 1.54) is 43.2 Å². The van der Waals surface area contributed by atoms with Crippen molar-refractivity contribution in [3.8, 4) is 5.75 Å². The summed E-state index contributed by atoms with van der Waals surface area (Å²) in [6.07, 6.45) is 9.05. The fourth-order valence-corrected chi connectivity index (χ4v) is 3.61. The molecule has 3 atom stereocenters. The van der Waals surface area contributed by atoms with E-state index in [1.54, 1.807) is 0 Å². The summed E-state index contributed by atoms with van der Waals surface area (Å²) in [7, 11) is 0. The molecule has 2 aliphatic rings. The maximum absolute atomic E-state index is 6.21. The number of benzene rings is 1. The van der Waals surface area contributed by atoms with E-state index < -0.39 is 0 Å². The first-order chi connectivity index (χ1) is 9.26. The zero-order valence-electron chi connectivity index (χ0n) is 11.9. The van der Waals surface area contributed by atoms with Gasteiger partial charge in [-0.25, -0.2) is 0 Å². The van der Waals surface area contributed by atoms with Crippen LogP contribution in [0.15, 0.2) is 18.2 Å². The van der Waals surface area contributed by atoms with E-state index in [-0.39, 0.29) is 6.04 Å². The van der Waals surface area contributed by atoms with Crippen LogP contribution in [0.2, 0.25) is 0 Å². The van der Waals surface area contributed by atoms with Gasteiger partial charge in [-0.3, -0.25) is 0 Å². The average molecular weight is 259 g/mol. The summed E-state index contributed by atoms with van der Waals surface area (Å²) < 4.78 is 6.21. The molecule has 0 heterocycles. The predicted octanol–water partition coefficient (Wildman–Crippen LogP) is 3.98. The van der Waals surface area contributed by atoms with Crippen LogP contribution in [0, 0.1) is 5.92 Å². The fraction of sp³-hybridized carbons (Fsp3) is 0.647. The van der Waals surface area contributed by atoms with Crippen LogP contribution < -0.4 is 10.5 Å². The van der Waals surface area contributed by atoms with E-state index in [2.05, 4.69) is 25.1 Å². The molecule has 0 amide bonds. The molecule has 3 rings (SSSR count). The Morgan fingerprint density at radius 3 is 3.00 bits per heavy atom. The monoisotopic (exact) mass is 259 g/mol. The van der Waals surface area contributed by atoms with Crippen LogP contribution in [-0.4, -0.2) is 6.10 Å². The van der Waals surface area contributed by atoms with Crippen molar-refractivity contribution >= 4 is 0 Å². The Labute approximate surface area is 116 Å². The Morgan fingerprint density at radius 1 is 1.26 bits per heavy atom. The number of hydrogen-bond acceptors (Lipinski definition) is 2. The molecule has 2 heteroatoms. The Bertz CT molecular complexity index is 443. The maximum Gasteiger partial charge on any atom is 0.120 e. The molecule has 2 N–H and O–H groups in total. The van der Waals surface area contributed by atoms with Crippen LogP contribution in [0.1, 0.15) is 62.6 Å². The maximum atomic E-state index is 6.21. The highest BCUT2D eigenvalue weighted by Gasteiger charge is 2.23. The molecule has 0 aromatic heterocycles. The van der Waals surface area contributed by atoms with Gasteiger partial charge in [0.1, 0.15) is 5.75 Å². The second-order valence-corrected chi connectivity index (χ2v) is 6.19. The first kappa shape index (κ1) is 13.0. The average Bonchev–Trinajstić information content (AvgIpc) is 2.80. The van der Waals surface area contributed by atoms with Gasteiger partial charge < -0.3 is 10.5 Å². The third kappa shape index (κ3) is 2.79. The molecule has 1 fully saturated rings. The summed E-state index contributed by atoms with van der Waals surface area (Å²) in [5, 5.41) is 0. The van der Waals surface area contributed by atoms with Gasteiger partial charge in [-0.2, -0.15) is 0 Å². The van der Waals surface area contributed by atoms with Crippen LogP contribution in [-0.2, 0) is 6.42 Å². The largest absolute Gasteiger partial charge is 0.490 e. The SMILES string of the molecule is CCC1CCCC(Oc2ccc3c(c2)CC[C@@H]3N)C1. The van der Waals surface area contributed by atoms with Gasteiger partial charge in [0, 0.05) is 6.04 Å². The van der Waals surface area contributed by atoms with Crippen molar-refractivity contribution in [2.75, 3.05) is 0 Å². The van der Waals surface area contributed by atoms with E-state index in [1.807, 2.05) is 0 Å². The topological polar surface area (TPSA) is 35.2 Å². The summed E-state index contributed by atoms with van der Waals surface area (Å²) >= 11 is 0. The van der Waals surface area contributed by atoms with Crippen LogP contribution in [0.25, 0.3) is 0 Å². The van der Waals surface area contributed by atoms with Crippen LogP contribution in [0.3, 0.4) is 0 Å². The number of ether oxygens (including phenoxy) is 1. The van der Waals surface area contributed by atoms with E-state index in [0.29, 0.717) is 6.10 Å². The molecule has 104 valence electrons. The van der Waals surface area contributed by atoms with E-state index >= 15 is 0 Å². The summed E-state index contributed by atoms with van der Waals surface area (Å²) in [5.74, 6) is 1.91. The second kappa shape index (κ2) is 5.54. The highest BCUT2D eigenvalue weighted by atomic mass is 16.5. The number of fused-ring (bicyclic) bond motifs is 1. The minimum Gasteiger partial charge on any atom is -0.490 e. The molecule has 0 aliphatic heterocycles. The third-order valence-electron chi connectivity index (χ3n) is 4.85. The number of hydrogen-bond donors (Lipinski definition) is 1. The first-order valence-electron chi connectivity index (χ1n) is 7.81. The normalized spacial score (nSPS) is 30.1. The molecule has 2 nitrogen and oxygen atoms in total. The van der Waals surface area contributed by atoms with Gasteiger partial charge in [-0.15, -0.1) is 0 Å². The summed E-state index contributed by atoms with van der Waals surface area (Å²) in [6, 6.07) is 6.74. The molecule has 19 heavy (non-hydrogen) atoms. The van der Waals surface area contributed by atoms with Gasteiger partial charge in [0.25, 0.3) is 0 Å². The lowest BCUT2D eigenvalue weighted by molar-refractivity contribution is 0.122. The van der Waals surface area contributed by atoms with Crippen LogP contribution >= 0.6 is 0 Å². The van der Waals surface area contributed by atoms with Gasteiger partial charge in [0.15, 0.2) is 0 Å². The van der Waals surface area contributed by atoms with Gasteiger partial charge in [-0.1, -0.05) is 25.8 Å². The molecule has 0 radical (unpaired) electrons. The van der Waals surface area contributed by atoms with Crippen molar-refractivity contribution in [2.24, 2.45) is 11.7 Å². The second-order valence-electron chi connectivity index (χ2n) is 6.19. The Kier molecular flexibility index (Phi) is 3.79. The van der Waals surface area contributed by atoms with Crippen molar-refractivity contribution in [3.63, 3.8) is 0 Å². The summed E-state index contributed by atoms with van der Waals surface area (Å²) in [6.45, 7) is 2.30. The molecule has 1 saturated carbocycles. The van der Waals surface area contributed by atoms with E-state index in [9.17, 15) is 0 Å². The molecule has 2 unspecified atom stereocenters. The molecular weight excluding hydrogens is 234 g/mol. The smallest absolute Gasteiger partial charge is 0.120 e. The van der Waals surface area contributed by atoms with E-state index in [4.69, 9.17) is 10.5 Å². The molecule has 2 aliphatic carbocycles. The Hall–Kier alpha value is -1.02. The molecular formula is C17H25NO. The molecule has 1 aromatic rings. The van der Waals surface area contributed by atoms with Crippen molar-refractivity contribution in [1.29, 1.82) is 0 Å².